The summed E-state index contributed by atoms with van der Waals surface area (Å²) in [6.45, 7) is 6.52. The molecule has 1 aliphatic rings. The fraction of sp³-hybridized carbons (Fsp3) is 0.562. The average Bonchev–Trinajstić information content (AvgIpc) is 2.87. The number of aryl methyl sites for hydroxylation is 2. The molecule has 0 saturated carbocycles. The van der Waals surface area contributed by atoms with Crippen LogP contribution in [0.5, 0.6) is 0 Å². The molecule has 3 heteroatoms. The van der Waals surface area contributed by atoms with E-state index in [1.807, 2.05) is 26.0 Å². The SMILES string of the molecule is Cc1ccc(C(=O)CCNCC2CCCO2)c(C)c1. The van der Waals surface area contributed by atoms with E-state index in [-0.39, 0.29) is 5.78 Å². The van der Waals surface area contributed by atoms with Crippen LogP contribution in [-0.4, -0.2) is 31.6 Å². The normalized spacial score (nSPS) is 18.7. The van der Waals surface area contributed by atoms with Crippen LogP contribution in [0.25, 0.3) is 0 Å². The molecular formula is C16H23NO2. The molecule has 19 heavy (non-hydrogen) atoms. The summed E-state index contributed by atoms with van der Waals surface area (Å²) in [7, 11) is 0. The summed E-state index contributed by atoms with van der Waals surface area (Å²) in [5, 5.41) is 3.31. The van der Waals surface area contributed by atoms with E-state index in [2.05, 4.69) is 11.4 Å². The molecule has 1 unspecified atom stereocenters. The van der Waals surface area contributed by atoms with Gasteiger partial charge in [-0.2, -0.15) is 0 Å². The number of hydrogen-bond acceptors (Lipinski definition) is 3. The second-order valence-electron chi connectivity index (χ2n) is 5.33. The lowest BCUT2D eigenvalue weighted by Gasteiger charge is -2.11. The van der Waals surface area contributed by atoms with Crippen LogP contribution in [0, 0.1) is 13.8 Å². The predicted octanol–water partition coefficient (Wildman–Crippen LogP) is 2.64. The van der Waals surface area contributed by atoms with Crippen LogP contribution in [0.1, 0.15) is 40.7 Å². The van der Waals surface area contributed by atoms with Gasteiger partial charge in [-0.25, -0.2) is 0 Å². The molecule has 1 atom stereocenters. The zero-order valence-electron chi connectivity index (χ0n) is 11.9. The summed E-state index contributed by atoms with van der Waals surface area (Å²) in [6.07, 6.45) is 3.19. The molecule has 2 rings (SSSR count). The first-order valence-electron chi connectivity index (χ1n) is 7.09. The number of hydrogen-bond donors (Lipinski definition) is 1. The van der Waals surface area contributed by atoms with Crippen LogP contribution >= 0.6 is 0 Å². The first kappa shape index (κ1) is 14.2. The smallest absolute Gasteiger partial charge is 0.164 e. The number of ether oxygens (including phenoxy) is 1. The Hall–Kier alpha value is -1.19. The fourth-order valence-electron chi connectivity index (χ4n) is 2.53. The van der Waals surface area contributed by atoms with Crippen LogP contribution in [0.15, 0.2) is 18.2 Å². The van der Waals surface area contributed by atoms with E-state index in [4.69, 9.17) is 4.74 Å². The summed E-state index contributed by atoms with van der Waals surface area (Å²) in [5.41, 5.74) is 3.12. The number of carbonyl (C=O) groups excluding carboxylic acids is 1. The van der Waals surface area contributed by atoms with Gasteiger partial charge < -0.3 is 10.1 Å². The second kappa shape index (κ2) is 6.83. The second-order valence-corrected chi connectivity index (χ2v) is 5.33. The van der Waals surface area contributed by atoms with E-state index in [9.17, 15) is 4.79 Å². The molecule has 0 radical (unpaired) electrons. The molecule has 0 amide bonds. The van der Waals surface area contributed by atoms with Gasteiger partial charge in [0.2, 0.25) is 0 Å². The van der Waals surface area contributed by atoms with Gasteiger partial charge in [0.05, 0.1) is 6.10 Å². The van der Waals surface area contributed by atoms with Crippen molar-refractivity contribution in [3.63, 3.8) is 0 Å². The van der Waals surface area contributed by atoms with E-state index < -0.39 is 0 Å². The Kier molecular flexibility index (Phi) is 5.11. The third-order valence-corrected chi connectivity index (χ3v) is 3.61. The molecule has 0 bridgehead atoms. The van der Waals surface area contributed by atoms with Gasteiger partial charge in [-0.3, -0.25) is 4.79 Å². The summed E-state index contributed by atoms with van der Waals surface area (Å²) < 4.78 is 5.53. The van der Waals surface area contributed by atoms with E-state index in [1.54, 1.807) is 0 Å². The quantitative estimate of drug-likeness (QED) is 0.632. The van der Waals surface area contributed by atoms with E-state index in [0.717, 1.165) is 43.7 Å². The largest absolute Gasteiger partial charge is 0.377 e. The van der Waals surface area contributed by atoms with Crippen molar-refractivity contribution in [2.45, 2.75) is 39.2 Å². The third-order valence-electron chi connectivity index (χ3n) is 3.61. The maximum Gasteiger partial charge on any atom is 0.164 e. The van der Waals surface area contributed by atoms with E-state index in [0.29, 0.717) is 12.5 Å². The standard InChI is InChI=1S/C16H23NO2/c1-12-5-6-15(13(2)10-12)16(18)7-8-17-11-14-4-3-9-19-14/h5-6,10,14,17H,3-4,7-9,11H2,1-2H3. The van der Waals surface area contributed by atoms with Crippen LogP contribution in [0.3, 0.4) is 0 Å². The molecule has 0 aliphatic carbocycles. The maximum atomic E-state index is 12.1. The van der Waals surface area contributed by atoms with Crippen molar-refractivity contribution in [3.05, 3.63) is 34.9 Å². The van der Waals surface area contributed by atoms with Crippen molar-refractivity contribution >= 4 is 5.78 Å². The minimum absolute atomic E-state index is 0.220. The van der Waals surface area contributed by atoms with Gasteiger partial charge in [-0.05, 0) is 32.3 Å². The zero-order chi connectivity index (χ0) is 13.7. The highest BCUT2D eigenvalue weighted by Crippen LogP contribution is 2.13. The lowest BCUT2D eigenvalue weighted by molar-refractivity contribution is 0.0967. The van der Waals surface area contributed by atoms with Gasteiger partial charge in [0.25, 0.3) is 0 Å². The highest BCUT2D eigenvalue weighted by atomic mass is 16.5. The molecule has 0 aromatic heterocycles. The molecule has 1 fully saturated rings. The predicted molar refractivity (Wildman–Crippen MR) is 76.7 cm³/mol. The average molecular weight is 261 g/mol. The minimum Gasteiger partial charge on any atom is -0.377 e. The van der Waals surface area contributed by atoms with Gasteiger partial charge in [0.15, 0.2) is 5.78 Å². The molecular weight excluding hydrogens is 238 g/mol. The van der Waals surface area contributed by atoms with Crippen LogP contribution in [0.4, 0.5) is 0 Å². The Labute approximate surface area is 115 Å². The molecule has 1 heterocycles. The van der Waals surface area contributed by atoms with Crippen molar-refractivity contribution in [1.29, 1.82) is 0 Å². The van der Waals surface area contributed by atoms with Crippen LogP contribution in [-0.2, 0) is 4.74 Å². The third kappa shape index (κ3) is 4.15. The summed E-state index contributed by atoms with van der Waals surface area (Å²) in [5.74, 6) is 0.220. The lowest BCUT2D eigenvalue weighted by Crippen LogP contribution is -2.28. The zero-order valence-corrected chi connectivity index (χ0v) is 11.9. The van der Waals surface area contributed by atoms with Gasteiger partial charge in [0, 0.05) is 31.7 Å². The first-order chi connectivity index (χ1) is 9.16. The number of nitrogens with one attached hydrogen (secondary N) is 1. The maximum absolute atomic E-state index is 12.1. The van der Waals surface area contributed by atoms with Gasteiger partial charge in [0.1, 0.15) is 0 Å². The highest BCUT2D eigenvalue weighted by molar-refractivity contribution is 5.97. The molecule has 1 aliphatic heterocycles. The Balaban J connectivity index is 1.74. The van der Waals surface area contributed by atoms with Crippen LogP contribution < -0.4 is 5.32 Å². The van der Waals surface area contributed by atoms with Crippen molar-refractivity contribution in [1.82, 2.24) is 5.32 Å². The first-order valence-corrected chi connectivity index (χ1v) is 7.09. The molecule has 0 spiro atoms. The lowest BCUT2D eigenvalue weighted by atomic mass is 10.0. The summed E-state index contributed by atoms with van der Waals surface area (Å²) in [4.78, 5) is 12.1. The number of rotatable bonds is 6. The molecule has 3 nitrogen and oxygen atoms in total. The molecule has 1 N–H and O–H groups in total. The molecule has 1 saturated heterocycles. The van der Waals surface area contributed by atoms with Gasteiger partial charge in [-0.15, -0.1) is 0 Å². The fourth-order valence-corrected chi connectivity index (χ4v) is 2.53. The van der Waals surface area contributed by atoms with Crippen molar-refractivity contribution < 1.29 is 9.53 Å². The number of carbonyl (C=O) groups is 1. The Morgan fingerprint density at radius 3 is 2.95 bits per heavy atom. The Morgan fingerprint density at radius 2 is 2.26 bits per heavy atom. The molecule has 104 valence electrons. The topological polar surface area (TPSA) is 38.3 Å². The molecule has 1 aromatic rings. The highest BCUT2D eigenvalue weighted by Gasteiger charge is 2.15. The van der Waals surface area contributed by atoms with Crippen molar-refractivity contribution in [2.24, 2.45) is 0 Å². The Bertz CT molecular complexity index is 436. The minimum atomic E-state index is 0.220. The van der Waals surface area contributed by atoms with E-state index >= 15 is 0 Å². The molecule has 1 aromatic carbocycles. The van der Waals surface area contributed by atoms with Crippen molar-refractivity contribution in [3.8, 4) is 0 Å². The Morgan fingerprint density at radius 1 is 1.42 bits per heavy atom. The monoisotopic (exact) mass is 261 g/mol. The number of benzene rings is 1. The summed E-state index contributed by atoms with van der Waals surface area (Å²) in [6, 6.07) is 6.00. The summed E-state index contributed by atoms with van der Waals surface area (Å²) >= 11 is 0. The number of ketones is 1. The number of Topliss-reactive ketones (excluding diaryl/α,β-unsaturated/α-hetero) is 1. The van der Waals surface area contributed by atoms with Crippen molar-refractivity contribution in [2.75, 3.05) is 19.7 Å². The van der Waals surface area contributed by atoms with Gasteiger partial charge >= 0.3 is 0 Å². The van der Waals surface area contributed by atoms with Gasteiger partial charge in [-0.1, -0.05) is 23.8 Å². The van der Waals surface area contributed by atoms with Crippen LogP contribution in [0.2, 0.25) is 0 Å². The van der Waals surface area contributed by atoms with E-state index in [1.165, 1.54) is 5.56 Å².